The van der Waals surface area contributed by atoms with E-state index in [1.807, 2.05) is 30.5 Å². The first kappa shape index (κ1) is 18.6. The topological polar surface area (TPSA) is 83.6 Å². The zero-order valence-electron chi connectivity index (χ0n) is 17.1. The molecule has 1 unspecified atom stereocenters. The van der Waals surface area contributed by atoms with Gasteiger partial charge < -0.3 is 10.3 Å². The molecule has 0 spiro atoms. The van der Waals surface area contributed by atoms with Crippen LogP contribution in [0.2, 0.25) is 0 Å². The van der Waals surface area contributed by atoms with Crippen molar-refractivity contribution in [3.05, 3.63) is 53.4 Å². The zero-order valence-corrected chi connectivity index (χ0v) is 17.1. The van der Waals surface area contributed by atoms with Crippen molar-refractivity contribution in [3.63, 3.8) is 0 Å². The van der Waals surface area contributed by atoms with Crippen LogP contribution in [-0.2, 0) is 11.8 Å². The number of hydrogen-bond acceptors (Lipinski definition) is 4. The Morgan fingerprint density at radius 3 is 2.68 bits per heavy atom. The lowest BCUT2D eigenvalue weighted by molar-refractivity contribution is 0.0909. The summed E-state index contributed by atoms with van der Waals surface area (Å²) in [5.41, 5.74) is 3.62. The molecule has 2 aromatic heterocycles. The van der Waals surface area contributed by atoms with Gasteiger partial charge in [-0.15, -0.1) is 0 Å². The van der Waals surface area contributed by atoms with Gasteiger partial charge in [0, 0.05) is 22.9 Å². The average molecular weight is 377 g/mol. The predicted molar refractivity (Wildman–Crippen MR) is 109 cm³/mol. The highest BCUT2D eigenvalue weighted by Crippen LogP contribution is 2.40. The van der Waals surface area contributed by atoms with Crippen molar-refractivity contribution in [1.29, 1.82) is 0 Å². The lowest BCUT2D eigenvalue weighted by Gasteiger charge is -2.37. The molecule has 0 saturated carbocycles. The molecule has 0 radical (unpaired) electrons. The quantitative estimate of drug-likeness (QED) is 0.704. The molecular formula is C22H27N5O. The SMILES string of the molecule is CC1(C)Cc2nc(C(C)(C)C)ncc2C(NC(=O)c2nc3ccccc3[nH]2)C1. The van der Waals surface area contributed by atoms with Gasteiger partial charge in [-0.05, 0) is 30.4 Å². The fourth-order valence-corrected chi connectivity index (χ4v) is 3.82. The van der Waals surface area contributed by atoms with Gasteiger partial charge in [-0.25, -0.2) is 15.0 Å². The van der Waals surface area contributed by atoms with Crippen molar-refractivity contribution in [2.24, 2.45) is 5.41 Å². The van der Waals surface area contributed by atoms with Crippen LogP contribution in [0.5, 0.6) is 0 Å². The summed E-state index contributed by atoms with van der Waals surface area (Å²) in [6.45, 7) is 10.8. The number of H-pyrrole nitrogens is 1. The van der Waals surface area contributed by atoms with E-state index in [9.17, 15) is 4.79 Å². The molecule has 1 amide bonds. The van der Waals surface area contributed by atoms with Crippen LogP contribution in [0.4, 0.5) is 0 Å². The highest BCUT2D eigenvalue weighted by atomic mass is 16.2. The zero-order chi connectivity index (χ0) is 20.1. The van der Waals surface area contributed by atoms with Crippen molar-refractivity contribution < 1.29 is 4.79 Å². The Bertz CT molecular complexity index is 1010. The first-order valence-corrected chi connectivity index (χ1v) is 9.74. The lowest BCUT2D eigenvalue weighted by atomic mass is 9.74. The molecule has 1 aliphatic carbocycles. The number of fused-ring (bicyclic) bond motifs is 2. The van der Waals surface area contributed by atoms with Gasteiger partial charge in [-0.1, -0.05) is 46.8 Å². The van der Waals surface area contributed by atoms with Crippen molar-refractivity contribution in [2.45, 2.75) is 58.9 Å². The van der Waals surface area contributed by atoms with E-state index in [2.05, 4.69) is 54.9 Å². The molecule has 146 valence electrons. The average Bonchev–Trinajstić information content (AvgIpc) is 3.03. The van der Waals surface area contributed by atoms with Crippen LogP contribution in [-0.4, -0.2) is 25.8 Å². The Labute approximate surface area is 165 Å². The van der Waals surface area contributed by atoms with Crippen LogP contribution < -0.4 is 5.32 Å². The smallest absolute Gasteiger partial charge is 0.287 e. The Hall–Kier alpha value is -2.76. The molecule has 2 N–H and O–H groups in total. The second-order valence-corrected chi connectivity index (χ2v) is 9.52. The van der Waals surface area contributed by atoms with E-state index < -0.39 is 0 Å². The van der Waals surface area contributed by atoms with E-state index in [1.54, 1.807) is 0 Å². The highest BCUT2D eigenvalue weighted by Gasteiger charge is 2.35. The van der Waals surface area contributed by atoms with Gasteiger partial charge in [-0.3, -0.25) is 4.79 Å². The number of hydrogen-bond donors (Lipinski definition) is 2. The molecule has 1 atom stereocenters. The standard InChI is InChI=1S/C22H27N5O/c1-21(2,3)20-23-12-13-16(10-22(4,5)11-17(13)27-20)26-19(28)18-24-14-8-6-7-9-15(14)25-18/h6-9,12,16H,10-11H2,1-5H3,(H,24,25)(H,26,28). The third-order valence-electron chi connectivity index (χ3n) is 5.26. The Morgan fingerprint density at radius 2 is 1.96 bits per heavy atom. The van der Waals surface area contributed by atoms with Gasteiger partial charge in [0.2, 0.25) is 0 Å². The number of carbonyl (C=O) groups excluding carboxylic acids is 1. The monoisotopic (exact) mass is 377 g/mol. The molecule has 2 heterocycles. The molecule has 28 heavy (non-hydrogen) atoms. The minimum absolute atomic E-state index is 0.0440. The molecule has 0 aliphatic heterocycles. The molecule has 4 rings (SSSR count). The Balaban J connectivity index is 1.65. The minimum atomic E-state index is -0.204. The fraction of sp³-hybridized carbons (Fsp3) is 0.455. The second-order valence-electron chi connectivity index (χ2n) is 9.52. The number of carbonyl (C=O) groups is 1. The second kappa shape index (κ2) is 6.40. The summed E-state index contributed by atoms with van der Waals surface area (Å²) in [5.74, 6) is 0.967. The van der Waals surface area contributed by atoms with Gasteiger partial charge in [0.05, 0.1) is 17.1 Å². The van der Waals surface area contributed by atoms with Gasteiger partial charge in [0.1, 0.15) is 5.82 Å². The van der Waals surface area contributed by atoms with E-state index in [-0.39, 0.29) is 22.8 Å². The molecule has 1 aromatic carbocycles. The number of nitrogens with one attached hydrogen (secondary N) is 2. The predicted octanol–water partition coefficient (Wildman–Crippen LogP) is 4.09. The third-order valence-corrected chi connectivity index (χ3v) is 5.26. The number of aromatic amines is 1. The van der Waals surface area contributed by atoms with E-state index in [4.69, 9.17) is 4.98 Å². The van der Waals surface area contributed by atoms with E-state index in [0.717, 1.165) is 41.0 Å². The molecule has 0 bridgehead atoms. The maximum atomic E-state index is 12.9. The van der Waals surface area contributed by atoms with Crippen LogP contribution in [0.3, 0.4) is 0 Å². The van der Waals surface area contributed by atoms with Crippen LogP contribution in [0, 0.1) is 5.41 Å². The summed E-state index contributed by atoms with van der Waals surface area (Å²) >= 11 is 0. The summed E-state index contributed by atoms with van der Waals surface area (Å²) in [6, 6.07) is 7.51. The largest absolute Gasteiger partial charge is 0.342 e. The Kier molecular flexibility index (Phi) is 4.25. The van der Waals surface area contributed by atoms with Gasteiger partial charge in [-0.2, -0.15) is 0 Å². The minimum Gasteiger partial charge on any atom is -0.342 e. The third kappa shape index (κ3) is 3.51. The molecule has 1 aliphatic rings. The summed E-state index contributed by atoms with van der Waals surface area (Å²) < 4.78 is 0. The summed E-state index contributed by atoms with van der Waals surface area (Å²) in [4.78, 5) is 29.9. The molecule has 3 aromatic rings. The number of amides is 1. The number of aromatic nitrogens is 4. The van der Waals surface area contributed by atoms with Crippen molar-refractivity contribution >= 4 is 16.9 Å². The van der Waals surface area contributed by atoms with Crippen molar-refractivity contribution in [2.75, 3.05) is 0 Å². The number of benzene rings is 1. The van der Waals surface area contributed by atoms with Crippen LogP contribution >= 0.6 is 0 Å². The first-order valence-electron chi connectivity index (χ1n) is 9.74. The molecule has 6 nitrogen and oxygen atoms in total. The van der Waals surface area contributed by atoms with Crippen LogP contribution in [0.1, 0.15) is 74.8 Å². The van der Waals surface area contributed by atoms with Gasteiger partial charge >= 0.3 is 0 Å². The van der Waals surface area contributed by atoms with E-state index in [1.165, 1.54) is 0 Å². The van der Waals surface area contributed by atoms with Crippen LogP contribution in [0.15, 0.2) is 30.5 Å². The highest BCUT2D eigenvalue weighted by molar-refractivity contribution is 5.94. The van der Waals surface area contributed by atoms with Gasteiger partial charge in [0.15, 0.2) is 5.82 Å². The van der Waals surface area contributed by atoms with Gasteiger partial charge in [0.25, 0.3) is 5.91 Å². The fourth-order valence-electron chi connectivity index (χ4n) is 3.82. The van der Waals surface area contributed by atoms with E-state index >= 15 is 0 Å². The number of imidazole rings is 1. The van der Waals surface area contributed by atoms with Crippen molar-refractivity contribution in [1.82, 2.24) is 25.3 Å². The van der Waals surface area contributed by atoms with Crippen LogP contribution in [0.25, 0.3) is 11.0 Å². The molecule has 0 saturated heterocycles. The number of nitrogens with zero attached hydrogens (tertiary/aromatic N) is 3. The molecular weight excluding hydrogens is 350 g/mol. The molecule has 6 heteroatoms. The summed E-state index contributed by atoms with van der Waals surface area (Å²) in [5, 5.41) is 3.15. The molecule has 0 fully saturated rings. The Morgan fingerprint density at radius 1 is 1.21 bits per heavy atom. The lowest BCUT2D eigenvalue weighted by Crippen LogP contribution is -2.38. The number of rotatable bonds is 2. The van der Waals surface area contributed by atoms with Crippen molar-refractivity contribution in [3.8, 4) is 0 Å². The summed E-state index contributed by atoms with van der Waals surface area (Å²) in [6.07, 6.45) is 3.61. The number of para-hydroxylation sites is 2. The maximum absolute atomic E-state index is 12.9. The summed E-state index contributed by atoms with van der Waals surface area (Å²) in [7, 11) is 0. The van der Waals surface area contributed by atoms with E-state index in [0.29, 0.717) is 5.82 Å². The first-order chi connectivity index (χ1) is 13.1. The normalized spacial score (nSPS) is 18.7. The maximum Gasteiger partial charge on any atom is 0.287 e.